The van der Waals surface area contributed by atoms with Crippen LogP contribution in [0.3, 0.4) is 0 Å². The summed E-state index contributed by atoms with van der Waals surface area (Å²) in [7, 11) is -3.63. The second kappa shape index (κ2) is 11.1. The average Bonchev–Trinajstić information content (AvgIpc) is 2.88. The Morgan fingerprint density at radius 2 is 1.49 bits per heavy atom. The van der Waals surface area contributed by atoms with Gasteiger partial charge in [0, 0.05) is 65.0 Å². The summed E-state index contributed by atoms with van der Waals surface area (Å²) in [6.45, 7) is 10.5. The minimum Gasteiger partial charge on any atom is -0.367 e. The van der Waals surface area contributed by atoms with Crippen LogP contribution in [0.5, 0.6) is 0 Å². The number of benzene rings is 2. The lowest BCUT2D eigenvalue weighted by molar-refractivity contribution is 0.246. The standard InChI is InChI=1S/C28H35FN6O3S/c1-20-16-21(2)27(22(3)17-20)39(37,38)35-14-12-34(13-15-35)28-30-23(18-26(36)31-28)19-32-8-10-33(11-9-32)25-7-5-4-6-24(25)29/h4-7,16-18H,8-15,19H2,1-3H3,(H,30,31,36). The highest BCUT2D eigenvalue weighted by Crippen LogP contribution is 2.27. The van der Waals surface area contributed by atoms with Crippen LogP contribution < -0.4 is 15.4 Å². The lowest BCUT2D eigenvalue weighted by Gasteiger charge is -2.36. The fourth-order valence-electron chi connectivity index (χ4n) is 5.65. The molecule has 39 heavy (non-hydrogen) atoms. The molecule has 3 aromatic rings. The summed E-state index contributed by atoms with van der Waals surface area (Å²) in [5.41, 5.74) is 3.58. The molecule has 0 unspecified atom stereocenters. The van der Waals surface area contributed by atoms with Gasteiger partial charge < -0.3 is 9.80 Å². The third-order valence-electron chi connectivity index (χ3n) is 7.47. The van der Waals surface area contributed by atoms with Crippen molar-refractivity contribution in [3.8, 4) is 0 Å². The highest BCUT2D eigenvalue weighted by atomic mass is 32.2. The first-order valence-electron chi connectivity index (χ1n) is 13.3. The summed E-state index contributed by atoms with van der Waals surface area (Å²) >= 11 is 0. The molecule has 9 nitrogen and oxygen atoms in total. The molecule has 0 atom stereocenters. The number of hydrogen-bond acceptors (Lipinski definition) is 7. The molecular formula is C28H35FN6O3S. The van der Waals surface area contributed by atoms with E-state index in [9.17, 15) is 17.6 Å². The van der Waals surface area contributed by atoms with Gasteiger partial charge in [-0.3, -0.25) is 14.7 Å². The minimum absolute atomic E-state index is 0.219. The van der Waals surface area contributed by atoms with E-state index in [-0.39, 0.29) is 11.4 Å². The molecule has 2 aliphatic heterocycles. The summed E-state index contributed by atoms with van der Waals surface area (Å²) in [5, 5.41) is 0. The number of hydrogen-bond donors (Lipinski definition) is 1. The van der Waals surface area contributed by atoms with Crippen LogP contribution in [0.2, 0.25) is 0 Å². The van der Waals surface area contributed by atoms with Crippen LogP contribution in [0, 0.1) is 26.6 Å². The number of halogens is 1. The zero-order valence-electron chi connectivity index (χ0n) is 22.7. The van der Waals surface area contributed by atoms with E-state index in [1.807, 2.05) is 48.8 Å². The molecular weight excluding hydrogens is 519 g/mol. The Labute approximate surface area is 228 Å². The Balaban J connectivity index is 1.22. The summed E-state index contributed by atoms with van der Waals surface area (Å²) in [4.78, 5) is 26.6. The van der Waals surface area contributed by atoms with E-state index in [0.717, 1.165) is 29.8 Å². The van der Waals surface area contributed by atoms with Gasteiger partial charge in [0.1, 0.15) is 5.82 Å². The molecule has 0 bridgehead atoms. The summed E-state index contributed by atoms with van der Waals surface area (Å²) in [6, 6.07) is 12.1. The van der Waals surface area contributed by atoms with E-state index in [4.69, 9.17) is 4.98 Å². The van der Waals surface area contributed by atoms with Crippen molar-refractivity contribution >= 4 is 21.7 Å². The highest BCUT2D eigenvalue weighted by molar-refractivity contribution is 7.89. The zero-order valence-corrected chi connectivity index (χ0v) is 23.5. The number of sulfonamides is 1. The molecule has 2 fully saturated rings. The molecule has 0 amide bonds. The molecule has 0 aliphatic carbocycles. The molecule has 2 aliphatic rings. The van der Waals surface area contributed by atoms with E-state index in [1.54, 1.807) is 12.1 Å². The largest absolute Gasteiger partial charge is 0.367 e. The number of aromatic nitrogens is 2. The summed E-state index contributed by atoms with van der Waals surface area (Å²) in [6.07, 6.45) is 0. The number of nitrogens with one attached hydrogen (secondary N) is 1. The number of aromatic amines is 1. The van der Waals surface area contributed by atoms with E-state index in [1.165, 1.54) is 16.4 Å². The van der Waals surface area contributed by atoms with Crippen molar-refractivity contribution in [3.63, 3.8) is 0 Å². The van der Waals surface area contributed by atoms with Crippen LogP contribution >= 0.6 is 0 Å². The zero-order chi connectivity index (χ0) is 27.7. The third kappa shape index (κ3) is 5.85. The van der Waals surface area contributed by atoms with Crippen LogP contribution in [-0.4, -0.2) is 79.9 Å². The van der Waals surface area contributed by atoms with Crippen molar-refractivity contribution in [1.29, 1.82) is 0 Å². The number of rotatable bonds is 6. The molecule has 2 aromatic carbocycles. The van der Waals surface area contributed by atoms with Gasteiger partial charge in [0.25, 0.3) is 5.56 Å². The van der Waals surface area contributed by atoms with Crippen molar-refractivity contribution < 1.29 is 12.8 Å². The first-order chi connectivity index (χ1) is 18.6. The number of anilines is 2. The van der Waals surface area contributed by atoms with E-state index in [0.29, 0.717) is 68.0 Å². The van der Waals surface area contributed by atoms with E-state index < -0.39 is 10.0 Å². The normalized spacial score (nSPS) is 17.5. The topological polar surface area (TPSA) is 92.8 Å². The Bertz CT molecular complexity index is 1490. The van der Waals surface area contributed by atoms with Crippen molar-refractivity contribution in [2.45, 2.75) is 32.2 Å². The number of H-pyrrole nitrogens is 1. The minimum atomic E-state index is -3.63. The van der Waals surface area contributed by atoms with Gasteiger partial charge in [0.15, 0.2) is 0 Å². The van der Waals surface area contributed by atoms with Crippen LogP contribution in [0.4, 0.5) is 16.0 Å². The molecule has 0 radical (unpaired) electrons. The van der Waals surface area contributed by atoms with Crippen molar-refractivity contribution in [3.05, 3.63) is 81.0 Å². The lowest BCUT2D eigenvalue weighted by atomic mass is 10.1. The third-order valence-corrected chi connectivity index (χ3v) is 9.68. The fourth-order valence-corrected chi connectivity index (χ4v) is 7.49. The fraction of sp³-hybridized carbons (Fsp3) is 0.429. The summed E-state index contributed by atoms with van der Waals surface area (Å²) in [5.74, 6) is 0.242. The van der Waals surface area contributed by atoms with Gasteiger partial charge in [-0.1, -0.05) is 29.8 Å². The number of aryl methyl sites for hydroxylation is 3. The lowest BCUT2D eigenvalue weighted by Crippen LogP contribution is -2.49. The van der Waals surface area contributed by atoms with Crippen LogP contribution in [0.15, 0.2) is 52.2 Å². The maximum Gasteiger partial charge on any atom is 0.252 e. The second-order valence-electron chi connectivity index (χ2n) is 10.4. The molecule has 3 heterocycles. The first-order valence-corrected chi connectivity index (χ1v) is 14.7. The van der Waals surface area contributed by atoms with Crippen molar-refractivity contribution in [1.82, 2.24) is 19.2 Å². The van der Waals surface area contributed by atoms with Gasteiger partial charge in [-0.15, -0.1) is 0 Å². The Morgan fingerprint density at radius 3 is 2.13 bits per heavy atom. The average molecular weight is 555 g/mol. The summed E-state index contributed by atoms with van der Waals surface area (Å²) < 4.78 is 42.6. The Hall–Kier alpha value is -3.28. The molecule has 11 heteroatoms. The smallest absolute Gasteiger partial charge is 0.252 e. The van der Waals surface area contributed by atoms with Gasteiger partial charge in [-0.2, -0.15) is 4.31 Å². The second-order valence-corrected chi connectivity index (χ2v) is 12.3. The van der Waals surface area contributed by atoms with Gasteiger partial charge in [0.2, 0.25) is 16.0 Å². The number of nitrogens with zero attached hydrogens (tertiary/aromatic N) is 5. The molecule has 1 N–H and O–H groups in total. The maximum atomic E-state index is 14.2. The maximum absolute atomic E-state index is 14.2. The molecule has 5 rings (SSSR count). The molecule has 0 spiro atoms. The highest BCUT2D eigenvalue weighted by Gasteiger charge is 2.31. The van der Waals surface area contributed by atoms with Crippen LogP contribution in [0.25, 0.3) is 0 Å². The SMILES string of the molecule is Cc1cc(C)c(S(=O)(=O)N2CCN(c3nc(CN4CCN(c5ccccc5F)CC4)cc(=O)[nH]3)CC2)c(C)c1. The predicted molar refractivity (Wildman–Crippen MR) is 150 cm³/mol. The Morgan fingerprint density at radius 1 is 0.872 bits per heavy atom. The van der Waals surface area contributed by atoms with Gasteiger partial charge in [-0.05, 0) is 44.0 Å². The van der Waals surface area contributed by atoms with Crippen LogP contribution in [-0.2, 0) is 16.6 Å². The first kappa shape index (κ1) is 27.3. The van der Waals surface area contributed by atoms with Crippen molar-refractivity contribution in [2.75, 3.05) is 62.2 Å². The van der Waals surface area contributed by atoms with Gasteiger partial charge >= 0.3 is 0 Å². The number of para-hydroxylation sites is 1. The quantitative estimate of drug-likeness (QED) is 0.501. The molecule has 2 saturated heterocycles. The van der Waals surface area contributed by atoms with Gasteiger partial charge in [-0.25, -0.2) is 17.8 Å². The molecule has 0 saturated carbocycles. The van der Waals surface area contributed by atoms with Gasteiger partial charge in [0.05, 0.1) is 16.3 Å². The van der Waals surface area contributed by atoms with Crippen molar-refractivity contribution in [2.24, 2.45) is 0 Å². The van der Waals surface area contributed by atoms with E-state index in [2.05, 4.69) is 9.88 Å². The number of piperazine rings is 2. The molecule has 208 valence electrons. The monoisotopic (exact) mass is 554 g/mol. The van der Waals surface area contributed by atoms with E-state index >= 15 is 0 Å². The molecule has 1 aromatic heterocycles. The predicted octanol–water partition coefficient (Wildman–Crippen LogP) is 2.67. The Kier molecular flexibility index (Phi) is 7.75. The van der Waals surface area contributed by atoms with Crippen LogP contribution in [0.1, 0.15) is 22.4 Å².